The van der Waals surface area contributed by atoms with Gasteiger partial charge in [0.25, 0.3) is 0 Å². The number of nitrogens with two attached hydrogens (primary N) is 1. The maximum atomic E-state index is 11.7. The number of amidine groups is 1. The Bertz CT molecular complexity index is 684. The van der Waals surface area contributed by atoms with Crippen molar-refractivity contribution < 1.29 is 14.4 Å². The van der Waals surface area contributed by atoms with Crippen LogP contribution in [0.1, 0.15) is 11.1 Å². The molecule has 0 amide bonds. The third-order valence-electron chi connectivity index (χ3n) is 2.87. The lowest BCUT2D eigenvalue weighted by molar-refractivity contribution is -0.142. The third-order valence-corrected chi connectivity index (χ3v) is 3.37. The Morgan fingerprint density at radius 1 is 1.23 bits per heavy atom. The van der Waals surface area contributed by atoms with Crippen LogP contribution in [0.15, 0.2) is 58.2 Å². The molecule has 114 valence electrons. The van der Waals surface area contributed by atoms with Crippen LogP contribution in [-0.4, -0.2) is 18.9 Å². The van der Waals surface area contributed by atoms with Crippen molar-refractivity contribution in [3.05, 3.63) is 64.1 Å². The SMILES string of the molecule is COc1ccc(CC(=O)O/N=C(\N)c2cccc(Br)c2)cc1. The number of rotatable bonds is 5. The number of benzene rings is 2. The molecule has 0 atom stereocenters. The molecule has 0 heterocycles. The Kier molecular flexibility index (Phi) is 5.55. The van der Waals surface area contributed by atoms with E-state index in [-0.39, 0.29) is 12.3 Å². The number of hydrogen-bond donors (Lipinski definition) is 1. The second-order valence-corrected chi connectivity index (χ2v) is 5.39. The Morgan fingerprint density at radius 2 is 1.95 bits per heavy atom. The zero-order valence-corrected chi connectivity index (χ0v) is 13.5. The van der Waals surface area contributed by atoms with Gasteiger partial charge in [0.05, 0.1) is 13.5 Å². The first-order chi connectivity index (χ1) is 10.6. The molecule has 0 unspecified atom stereocenters. The first kappa shape index (κ1) is 16.0. The number of methoxy groups -OCH3 is 1. The highest BCUT2D eigenvalue weighted by molar-refractivity contribution is 9.10. The monoisotopic (exact) mass is 362 g/mol. The number of nitrogens with zero attached hydrogens (tertiary/aromatic N) is 1. The maximum Gasteiger partial charge on any atom is 0.339 e. The van der Waals surface area contributed by atoms with E-state index in [0.717, 1.165) is 15.8 Å². The van der Waals surface area contributed by atoms with Gasteiger partial charge < -0.3 is 15.3 Å². The van der Waals surface area contributed by atoms with Gasteiger partial charge in [-0.2, -0.15) is 0 Å². The summed E-state index contributed by atoms with van der Waals surface area (Å²) in [5, 5.41) is 3.66. The number of oxime groups is 1. The molecule has 0 aromatic heterocycles. The minimum atomic E-state index is -0.483. The van der Waals surface area contributed by atoms with E-state index in [2.05, 4.69) is 21.1 Å². The van der Waals surface area contributed by atoms with Gasteiger partial charge in [0.2, 0.25) is 0 Å². The minimum Gasteiger partial charge on any atom is -0.497 e. The summed E-state index contributed by atoms with van der Waals surface area (Å²) < 4.78 is 5.92. The molecule has 2 aromatic rings. The summed E-state index contributed by atoms with van der Waals surface area (Å²) in [6, 6.07) is 14.4. The fourth-order valence-electron chi connectivity index (χ4n) is 1.74. The molecule has 5 nitrogen and oxygen atoms in total. The number of carbonyl (C=O) groups is 1. The number of carbonyl (C=O) groups excluding carboxylic acids is 1. The summed E-state index contributed by atoms with van der Waals surface area (Å²) in [7, 11) is 1.59. The van der Waals surface area contributed by atoms with Gasteiger partial charge in [-0.3, -0.25) is 0 Å². The van der Waals surface area contributed by atoms with Crippen molar-refractivity contribution in [2.75, 3.05) is 7.11 Å². The first-order valence-corrected chi connectivity index (χ1v) is 7.30. The van der Waals surface area contributed by atoms with Gasteiger partial charge in [-0.15, -0.1) is 0 Å². The number of halogens is 1. The van der Waals surface area contributed by atoms with E-state index in [1.165, 1.54) is 0 Å². The highest BCUT2D eigenvalue weighted by Crippen LogP contribution is 2.13. The van der Waals surface area contributed by atoms with Gasteiger partial charge >= 0.3 is 5.97 Å². The van der Waals surface area contributed by atoms with E-state index in [0.29, 0.717) is 5.56 Å². The van der Waals surface area contributed by atoms with Crippen LogP contribution in [0.4, 0.5) is 0 Å². The van der Waals surface area contributed by atoms with Crippen molar-refractivity contribution in [3.63, 3.8) is 0 Å². The van der Waals surface area contributed by atoms with Crippen LogP contribution in [0.2, 0.25) is 0 Å². The maximum absolute atomic E-state index is 11.7. The van der Waals surface area contributed by atoms with E-state index in [1.54, 1.807) is 43.5 Å². The lowest BCUT2D eigenvalue weighted by Crippen LogP contribution is -2.15. The van der Waals surface area contributed by atoms with Crippen LogP contribution >= 0.6 is 15.9 Å². The van der Waals surface area contributed by atoms with E-state index < -0.39 is 5.97 Å². The second kappa shape index (κ2) is 7.61. The molecule has 0 saturated carbocycles. The molecule has 2 rings (SSSR count). The topological polar surface area (TPSA) is 73.9 Å². The number of hydrogen-bond acceptors (Lipinski definition) is 4. The molecule has 0 radical (unpaired) electrons. The predicted molar refractivity (Wildman–Crippen MR) is 87.7 cm³/mol. The van der Waals surface area contributed by atoms with Crippen molar-refractivity contribution >= 4 is 27.7 Å². The summed E-state index contributed by atoms with van der Waals surface area (Å²) in [6.07, 6.45) is 0.110. The molecule has 0 aliphatic carbocycles. The molecule has 0 aliphatic heterocycles. The first-order valence-electron chi connectivity index (χ1n) is 6.50. The third kappa shape index (κ3) is 4.60. The molecule has 0 aliphatic rings. The van der Waals surface area contributed by atoms with Crippen LogP contribution < -0.4 is 10.5 Å². The van der Waals surface area contributed by atoms with Gasteiger partial charge in [0.1, 0.15) is 5.75 Å². The summed E-state index contributed by atoms with van der Waals surface area (Å²) in [5.74, 6) is 0.390. The molecule has 22 heavy (non-hydrogen) atoms. The number of ether oxygens (including phenoxy) is 1. The van der Waals surface area contributed by atoms with Crippen LogP contribution in [-0.2, 0) is 16.1 Å². The van der Waals surface area contributed by atoms with Gasteiger partial charge in [-0.05, 0) is 29.8 Å². The zero-order valence-electron chi connectivity index (χ0n) is 12.0. The minimum absolute atomic E-state index is 0.110. The fraction of sp³-hybridized carbons (Fsp3) is 0.125. The lowest BCUT2D eigenvalue weighted by Gasteiger charge is -2.03. The molecule has 0 saturated heterocycles. The zero-order chi connectivity index (χ0) is 15.9. The van der Waals surface area contributed by atoms with Gasteiger partial charge in [0, 0.05) is 10.0 Å². The Morgan fingerprint density at radius 3 is 2.59 bits per heavy atom. The molecule has 2 N–H and O–H groups in total. The highest BCUT2D eigenvalue weighted by Gasteiger charge is 2.06. The quantitative estimate of drug-likeness (QED) is 0.384. The highest BCUT2D eigenvalue weighted by atomic mass is 79.9. The van der Waals surface area contributed by atoms with Crippen molar-refractivity contribution in [3.8, 4) is 5.75 Å². The molecule has 0 fully saturated rings. The summed E-state index contributed by atoms with van der Waals surface area (Å²) in [4.78, 5) is 16.6. The summed E-state index contributed by atoms with van der Waals surface area (Å²) >= 11 is 3.34. The summed E-state index contributed by atoms with van der Waals surface area (Å²) in [6.45, 7) is 0. The average Bonchev–Trinajstić information content (AvgIpc) is 2.53. The van der Waals surface area contributed by atoms with Gasteiger partial charge in [-0.1, -0.05) is 45.4 Å². The molecular formula is C16H15BrN2O3. The fourth-order valence-corrected chi connectivity index (χ4v) is 2.14. The molecular weight excluding hydrogens is 348 g/mol. The standard InChI is InChI=1S/C16H15BrN2O3/c1-21-14-7-5-11(6-8-14)9-15(20)22-19-16(18)12-3-2-4-13(17)10-12/h2-8,10H,9H2,1H3,(H2,18,19). The Balaban J connectivity index is 1.95. The van der Waals surface area contributed by atoms with Gasteiger partial charge in [0.15, 0.2) is 5.84 Å². The predicted octanol–water partition coefficient (Wildman–Crippen LogP) is 2.86. The van der Waals surface area contributed by atoms with Crippen molar-refractivity contribution in [1.29, 1.82) is 0 Å². The Labute approximate surface area is 136 Å². The molecule has 0 spiro atoms. The molecule has 0 bridgehead atoms. The van der Waals surface area contributed by atoms with E-state index in [4.69, 9.17) is 15.3 Å². The van der Waals surface area contributed by atoms with Crippen molar-refractivity contribution in [1.82, 2.24) is 0 Å². The van der Waals surface area contributed by atoms with E-state index in [9.17, 15) is 4.79 Å². The smallest absolute Gasteiger partial charge is 0.339 e. The van der Waals surface area contributed by atoms with Crippen LogP contribution in [0, 0.1) is 0 Å². The van der Waals surface area contributed by atoms with Crippen LogP contribution in [0.3, 0.4) is 0 Å². The van der Waals surface area contributed by atoms with Crippen LogP contribution in [0.25, 0.3) is 0 Å². The second-order valence-electron chi connectivity index (χ2n) is 4.48. The van der Waals surface area contributed by atoms with E-state index in [1.807, 2.05) is 12.1 Å². The van der Waals surface area contributed by atoms with E-state index >= 15 is 0 Å². The normalized spacial score (nSPS) is 11.1. The van der Waals surface area contributed by atoms with Crippen molar-refractivity contribution in [2.24, 2.45) is 10.9 Å². The largest absolute Gasteiger partial charge is 0.497 e. The molecule has 2 aromatic carbocycles. The summed E-state index contributed by atoms with van der Waals surface area (Å²) in [5.41, 5.74) is 7.26. The average molecular weight is 363 g/mol. The van der Waals surface area contributed by atoms with Crippen LogP contribution in [0.5, 0.6) is 5.75 Å². The molecule has 6 heteroatoms. The van der Waals surface area contributed by atoms with Crippen molar-refractivity contribution in [2.45, 2.75) is 6.42 Å². The Hall–Kier alpha value is -2.34. The van der Waals surface area contributed by atoms with Gasteiger partial charge in [-0.25, -0.2) is 4.79 Å². The lowest BCUT2D eigenvalue weighted by atomic mass is 10.1.